The monoisotopic (exact) mass is 422 g/mol. The molecule has 0 heterocycles. The molecule has 0 unspecified atom stereocenters. The molecule has 2 aromatic rings. The summed E-state index contributed by atoms with van der Waals surface area (Å²) in [4.78, 5) is 24.8. The first-order valence-corrected chi connectivity index (χ1v) is 11.7. The topological polar surface area (TPSA) is 67.4 Å². The predicted molar refractivity (Wildman–Crippen MR) is 124 cm³/mol. The molecule has 5 nitrogen and oxygen atoms in total. The molecule has 0 atom stereocenters. The van der Waals surface area contributed by atoms with E-state index in [0.29, 0.717) is 11.4 Å². The van der Waals surface area contributed by atoms with Crippen molar-refractivity contribution < 1.29 is 14.3 Å². The maximum atomic E-state index is 12.5. The first-order valence-electron chi connectivity index (χ1n) is 11.7. The van der Waals surface area contributed by atoms with Gasteiger partial charge in [0.25, 0.3) is 0 Å². The number of anilines is 1. The van der Waals surface area contributed by atoms with E-state index in [2.05, 4.69) is 10.6 Å². The zero-order valence-electron chi connectivity index (χ0n) is 18.3. The van der Waals surface area contributed by atoms with Gasteiger partial charge in [0, 0.05) is 11.7 Å². The highest BCUT2D eigenvalue weighted by atomic mass is 16.5. The average molecular weight is 423 g/mol. The summed E-state index contributed by atoms with van der Waals surface area (Å²) in [6.45, 7) is 0. The fraction of sp³-hybridized carbons (Fsp3) is 0.462. The van der Waals surface area contributed by atoms with Crippen molar-refractivity contribution in [2.24, 2.45) is 0 Å². The number of hydrogen-bond donors (Lipinski definition) is 2. The minimum Gasteiger partial charge on any atom is -0.457 e. The summed E-state index contributed by atoms with van der Waals surface area (Å²) in [5.41, 5.74) is 0.569. The number of rotatable bonds is 4. The van der Waals surface area contributed by atoms with Gasteiger partial charge in [-0.15, -0.1) is 0 Å². The summed E-state index contributed by atoms with van der Waals surface area (Å²) in [7, 11) is 0. The molecular formula is C26H34N2O3. The summed E-state index contributed by atoms with van der Waals surface area (Å²) < 4.78 is 5.75. The van der Waals surface area contributed by atoms with Crippen LogP contribution in [0, 0.1) is 0 Å². The third-order valence-electron chi connectivity index (χ3n) is 5.74. The van der Waals surface area contributed by atoms with Crippen molar-refractivity contribution in [1.29, 1.82) is 0 Å². The molecule has 0 aliphatic heterocycles. The second-order valence-corrected chi connectivity index (χ2v) is 8.32. The fourth-order valence-corrected chi connectivity index (χ4v) is 3.98. The third kappa shape index (κ3) is 8.44. The largest absolute Gasteiger partial charge is 0.457 e. The highest BCUT2D eigenvalue weighted by molar-refractivity contribution is 6.39. The lowest BCUT2D eigenvalue weighted by molar-refractivity contribution is -0.136. The molecule has 1 aliphatic rings. The Morgan fingerprint density at radius 1 is 0.645 bits per heavy atom. The van der Waals surface area contributed by atoms with E-state index in [1.54, 1.807) is 24.3 Å². The van der Waals surface area contributed by atoms with E-state index < -0.39 is 11.8 Å². The molecule has 0 bridgehead atoms. The normalized spacial score (nSPS) is 16.4. The summed E-state index contributed by atoms with van der Waals surface area (Å²) in [5, 5.41) is 5.64. The SMILES string of the molecule is O=C(Nc1ccc(Oc2ccccc2)cc1)C(=O)NC1CCCCCCCCCCC1. The molecule has 3 rings (SSSR count). The van der Waals surface area contributed by atoms with Gasteiger partial charge in [-0.2, -0.15) is 0 Å². The quantitative estimate of drug-likeness (QED) is 0.576. The number of carbonyl (C=O) groups is 2. The number of para-hydroxylation sites is 1. The molecule has 166 valence electrons. The van der Waals surface area contributed by atoms with Crippen molar-refractivity contribution >= 4 is 17.5 Å². The second kappa shape index (κ2) is 12.8. The van der Waals surface area contributed by atoms with Crippen molar-refractivity contribution in [3.63, 3.8) is 0 Å². The number of nitrogens with one attached hydrogen (secondary N) is 2. The lowest BCUT2D eigenvalue weighted by Gasteiger charge is -2.19. The summed E-state index contributed by atoms with van der Waals surface area (Å²) in [6.07, 6.45) is 13.0. The Bertz CT molecular complexity index is 793. The Labute approximate surface area is 185 Å². The third-order valence-corrected chi connectivity index (χ3v) is 5.74. The van der Waals surface area contributed by atoms with E-state index in [9.17, 15) is 9.59 Å². The number of ether oxygens (including phenoxy) is 1. The van der Waals surface area contributed by atoms with Gasteiger partial charge in [0.05, 0.1) is 0 Å². The molecular weight excluding hydrogens is 388 g/mol. The van der Waals surface area contributed by atoms with Gasteiger partial charge in [-0.3, -0.25) is 9.59 Å². The van der Waals surface area contributed by atoms with Crippen LogP contribution in [0.25, 0.3) is 0 Å². The van der Waals surface area contributed by atoms with Gasteiger partial charge in [-0.05, 0) is 49.2 Å². The van der Waals surface area contributed by atoms with Crippen LogP contribution in [0.3, 0.4) is 0 Å². The molecule has 0 saturated heterocycles. The Hall–Kier alpha value is -2.82. The standard InChI is InChI=1S/C26H34N2O3/c29-25(27-21-13-9-6-4-2-1-3-5-7-10-14-21)26(30)28-22-17-19-24(20-18-22)31-23-15-11-8-12-16-23/h8,11-12,15-21H,1-7,9-10,13-14H2,(H,27,29)(H,28,30). The van der Waals surface area contributed by atoms with E-state index in [-0.39, 0.29) is 6.04 Å². The van der Waals surface area contributed by atoms with Crippen LogP contribution in [0.2, 0.25) is 0 Å². The molecule has 2 aromatic carbocycles. The number of carbonyl (C=O) groups excluding carboxylic acids is 2. The number of amides is 2. The fourth-order valence-electron chi connectivity index (χ4n) is 3.98. The maximum Gasteiger partial charge on any atom is 0.313 e. The minimum atomic E-state index is -0.622. The molecule has 0 radical (unpaired) electrons. The van der Waals surface area contributed by atoms with Crippen LogP contribution in [0.5, 0.6) is 11.5 Å². The maximum absolute atomic E-state index is 12.5. The summed E-state index contributed by atoms with van der Waals surface area (Å²) >= 11 is 0. The van der Waals surface area contributed by atoms with Crippen LogP contribution in [-0.2, 0) is 9.59 Å². The van der Waals surface area contributed by atoms with Crippen molar-refractivity contribution in [3.8, 4) is 11.5 Å². The van der Waals surface area contributed by atoms with Gasteiger partial charge in [-0.25, -0.2) is 0 Å². The van der Waals surface area contributed by atoms with Crippen molar-refractivity contribution in [1.82, 2.24) is 5.32 Å². The highest BCUT2D eigenvalue weighted by Crippen LogP contribution is 2.22. The number of hydrogen-bond acceptors (Lipinski definition) is 3. The lowest BCUT2D eigenvalue weighted by Crippen LogP contribution is -2.41. The highest BCUT2D eigenvalue weighted by Gasteiger charge is 2.19. The minimum absolute atomic E-state index is 0.0827. The van der Waals surface area contributed by atoms with E-state index in [0.717, 1.165) is 31.4 Å². The molecule has 2 amide bonds. The Morgan fingerprint density at radius 3 is 1.74 bits per heavy atom. The molecule has 1 aliphatic carbocycles. The van der Waals surface area contributed by atoms with Gasteiger partial charge in [0.2, 0.25) is 0 Å². The van der Waals surface area contributed by atoms with Crippen LogP contribution >= 0.6 is 0 Å². The van der Waals surface area contributed by atoms with E-state index in [1.807, 2.05) is 30.3 Å². The van der Waals surface area contributed by atoms with Crippen molar-refractivity contribution in [2.75, 3.05) is 5.32 Å². The zero-order valence-corrected chi connectivity index (χ0v) is 18.3. The Morgan fingerprint density at radius 2 is 1.16 bits per heavy atom. The van der Waals surface area contributed by atoms with Crippen molar-refractivity contribution in [2.45, 2.75) is 76.7 Å². The van der Waals surface area contributed by atoms with Crippen LogP contribution in [0.4, 0.5) is 5.69 Å². The summed E-state index contributed by atoms with van der Waals surface area (Å²) in [5.74, 6) is 0.238. The molecule has 5 heteroatoms. The Kier molecular flexibility index (Phi) is 9.42. The van der Waals surface area contributed by atoms with Gasteiger partial charge >= 0.3 is 11.8 Å². The van der Waals surface area contributed by atoms with Gasteiger partial charge < -0.3 is 15.4 Å². The van der Waals surface area contributed by atoms with E-state index >= 15 is 0 Å². The lowest BCUT2D eigenvalue weighted by atomic mass is 9.98. The second-order valence-electron chi connectivity index (χ2n) is 8.32. The molecule has 2 N–H and O–H groups in total. The predicted octanol–water partition coefficient (Wildman–Crippen LogP) is 6.21. The molecule has 1 saturated carbocycles. The first-order chi connectivity index (χ1) is 15.2. The van der Waals surface area contributed by atoms with Crippen molar-refractivity contribution in [3.05, 3.63) is 54.6 Å². The molecule has 1 fully saturated rings. The zero-order chi connectivity index (χ0) is 21.7. The van der Waals surface area contributed by atoms with Gasteiger partial charge in [0.15, 0.2) is 0 Å². The smallest absolute Gasteiger partial charge is 0.313 e. The Balaban J connectivity index is 1.47. The van der Waals surface area contributed by atoms with Crippen LogP contribution in [0.1, 0.15) is 70.6 Å². The average Bonchev–Trinajstić information content (AvgIpc) is 2.77. The van der Waals surface area contributed by atoms with Crippen LogP contribution < -0.4 is 15.4 Å². The first kappa shape index (κ1) is 22.9. The van der Waals surface area contributed by atoms with Gasteiger partial charge in [-0.1, -0.05) is 76.0 Å². The molecule has 0 aromatic heterocycles. The number of benzene rings is 2. The van der Waals surface area contributed by atoms with E-state index in [4.69, 9.17) is 4.74 Å². The van der Waals surface area contributed by atoms with Crippen LogP contribution in [0.15, 0.2) is 54.6 Å². The van der Waals surface area contributed by atoms with Crippen LogP contribution in [-0.4, -0.2) is 17.9 Å². The summed E-state index contributed by atoms with van der Waals surface area (Å²) in [6, 6.07) is 16.6. The molecule has 31 heavy (non-hydrogen) atoms. The van der Waals surface area contributed by atoms with Gasteiger partial charge in [0.1, 0.15) is 11.5 Å². The van der Waals surface area contributed by atoms with E-state index in [1.165, 1.54) is 44.9 Å². The molecule has 0 spiro atoms.